The lowest BCUT2D eigenvalue weighted by atomic mass is 10.2. The molecule has 28 heavy (non-hydrogen) atoms. The molecule has 3 rings (SSSR count). The van der Waals surface area contributed by atoms with E-state index in [4.69, 9.17) is 4.84 Å². The highest BCUT2D eigenvalue weighted by molar-refractivity contribution is 7.98. The zero-order valence-corrected chi connectivity index (χ0v) is 17.0. The van der Waals surface area contributed by atoms with E-state index in [-0.39, 0.29) is 34.3 Å². The maximum Gasteiger partial charge on any atom is 0.297 e. The molecule has 0 saturated heterocycles. The fourth-order valence-electron chi connectivity index (χ4n) is 2.80. The largest absolute Gasteiger partial charge is 0.351 e. The number of aromatic nitrogens is 2. The van der Waals surface area contributed by atoms with Crippen LogP contribution in [0.3, 0.4) is 0 Å². The monoisotopic (exact) mass is 406 g/mol. The van der Waals surface area contributed by atoms with Crippen molar-refractivity contribution in [3.05, 3.63) is 45.6 Å². The lowest BCUT2D eigenvalue weighted by molar-refractivity contribution is -0.0173. The Balaban J connectivity index is 1.91. The predicted octanol–water partition coefficient (Wildman–Crippen LogP) is 3.15. The molecule has 9 heteroatoms. The van der Waals surface area contributed by atoms with Crippen molar-refractivity contribution in [3.63, 3.8) is 0 Å². The lowest BCUT2D eigenvalue weighted by Crippen LogP contribution is -2.34. The molecule has 1 atom stereocenters. The summed E-state index contributed by atoms with van der Waals surface area (Å²) < 4.78 is 15.5. The van der Waals surface area contributed by atoms with E-state index < -0.39 is 11.7 Å². The minimum absolute atomic E-state index is 0.0454. The summed E-state index contributed by atoms with van der Waals surface area (Å²) in [5.41, 5.74) is 2.53. The van der Waals surface area contributed by atoms with Crippen molar-refractivity contribution in [2.24, 2.45) is 13.0 Å². The molecule has 0 aliphatic heterocycles. The van der Waals surface area contributed by atoms with E-state index in [2.05, 4.69) is 15.9 Å². The van der Waals surface area contributed by atoms with Gasteiger partial charge in [-0.3, -0.25) is 14.4 Å². The second-order valence-corrected chi connectivity index (χ2v) is 7.72. The molecule has 1 amide bonds. The normalized spacial score (nSPS) is 14.6. The lowest BCUT2D eigenvalue weighted by Gasteiger charge is -2.17. The number of nitrogens with zero attached hydrogens (tertiary/aromatic N) is 2. The van der Waals surface area contributed by atoms with Crippen LogP contribution >= 0.6 is 11.8 Å². The molecule has 1 aromatic carbocycles. The van der Waals surface area contributed by atoms with E-state index in [0.29, 0.717) is 5.92 Å². The van der Waals surface area contributed by atoms with E-state index in [1.165, 1.54) is 24.9 Å². The Morgan fingerprint density at radius 1 is 1.43 bits per heavy atom. The number of rotatable bonds is 7. The molecule has 2 N–H and O–H groups in total. The Morgan fingerprint density at radius 3 is 2.75 bits per heavy atom. The topological polar surface area (TPSA) is 85.2 Å². The van der Waals surface area contributed by atoms with Gasteiger partial charge in [-0.25, -0.2) is 14.6 Å². The van der Waals surface area contributed by atoms with Gasteiger partial charge in [0.2, 0.25) is 0 Å². The predicted molar refractivity (Wildman–Crippen MR) is 106 cm³/mol. The first-order chi connectivity index (χ1) is 13.3. The summed E-state index contributed by atoms with van der Waals surface area (Å²) in [6.07, 6.45) is 3.89. The van der Waals surface area contributed by atoms with E-state index in [0.717, 1.165) is 22.4 Å². The second-order valence-electron chi connectivity index (χ2n) is 6.84. The van der Waals surface area contributed by atoms with Crippen molar-refractivity contribution in [1.29, 1.82) is 0 Å². The van der Waals surface area contributed by atoms with Gasteiger partial charge >= 0.3 is 0 Å². The fourth-order valence-corrected chi connectivity index (χ4v) is 3.23. The number of thioether (sulfide) groups is 1. The van der Waals surface area contributed by atoms with Gasteiger partial charge in [0.05, 0.1) is 17.5 Å². The average molecular weight is 406 g/mol. The third-order valence-corrected chi connectivity index (χ3v) is 5.48. The molecule has 1 unspecified atom stereocenters. The number of carbonyl (C=O) groups excluding carboxylic acids is 1. The van der Waals surface area contributed by atoms with Crippen molar-refractivity contribution in [1.82, 2.24) is 15.3 Å². The van der Waals surface area contributed by atoms with Crippen LogP contribution in [0.1, 0.15) is 35.8 Å². The van der Waals surface area contributed by atoms with Crippen molar-refractivity contribution in [2.75, 3.05) is 11.6 Å². The number of nitrogens with one attached hydrogen (secondary N) is 2. The maximum atomic E-state index is 14.4. The molecule has 1 saturated carbocycles. The van der Waals surface area contributed by atoms with Crippen LogP contribution in [-0.4, -0.2) is 28.0 Å². The molecule has 1 heterocycles. The van der Waals surface area contributed by atoms with Crippen LogP contribution in [0.25, 0.3) is 0 Å². The summed E-state index contributed by atoms with van der Waals surface area (Å²) in [6.45, 7) is 3.45. The zero-order valence-electron chi connectivity index (χ0n) is 16.2. The Morgan fingerprint density at radius 2 is 2.14 bits per heavy atom. The molecule has 0 spiro atoms. The van der Waals surface area contributed by atoms with Crippen molar-refractivity contribution in [3.8, 4) is 0 Å². The molecule has 1 aliphatic carbocycles. The molecule has 150 valence electrons. The van der Waals surface area contributed by atoms with E-state index in [1.54, 1.807) is 19.1 Å². The Hall–Kier alpha value is -2.39. The maximum absolute atomic E-state index is 14.4. The van der Waals surface area contributed by atoms with Gasteiger partial charge in [-0.05, 0) is 57.1 Å². The molecule has 1 aromatic heterocycles. The van der Waals surface area contributed by atoms with Gasteiger partial charge in [0, 0.05) is 17.5 Å². The number of aryl methyl sites for hydroxylation is 1. The minimum Gasteiger partial charge on any atom is -0.351 e. The average Bonchev–Trinajstić information content (AvgIpc) is 3.52. The molecule has 0 radical (unpaired) electrons. The first-order valence-corrected chi connectivity index (χ1v) is 10.2. The Labute approximate surface area is 166 Å². The van der Waals surface area contributed by atoms with Gasteiger partial charge in [-0.15, -0.1) is 11.8 Å². The van der Waals surface area contributed by atoms with Crippen LogP contribution in [0.4, 0.5) is 15.8 Å². The second kappa shape index (κ2) is 8.32. The fraction of sp³-hybridized carbons (Fsp3) is 0.421. The van der Waals surface area contributed by atoms with Crippen LogP contribution < -0.4 is 16.4 Å². The van der Waals surface area contributed by atoms with Crippen LogP contribution in [-0.2, 0) is 11.9 Å². The zero-order chi connectivity index (χ0) is 20.4. The molecule has 2 aromatic rings. The third-order valence-electron chi connectivity index (χ3n) is 4.75. The molecule has 0 bridgehead atoms. The number of amides is 1. The third kappa shape index (κ3) is 4.36. The summed E-state index contributed by atoms with van der Waals surface area (Å²) in [6, 6.07) is 4.70. The van der Waals surface area contributed by atoms with Crippen LogP contribution in [0.5, 0.6) is 0 Å². The number of anilines is 2. The van der Waals surface area contributed by atoms with E-state index in [9.17, 15) is 14.0 Å². The van der Waals surface area contributed by atoms with Gasteiger partial charge in [-0.2, -0.15) is 5.10 Å². The SMILES string of the molecule is CSc1ccc(Nc2c(C(=O)NOC(C)C3CC3)nn(C)c(=O)c2C)c(F)c1. The first-order valence-electron chi connectivity index (χ1n) is 8.96. The summed E-state index contributed by atoms with van der Waals surface area (Å²) in [4.78, 5) is 31.1. The summed E-state index contributed by atoms with van der Waals surface area (Å²) in [7, 11) is 1.46. The molecule has 1 fully saturated rings. The van der Waals surface area contributed by atoms with Gasteiger partial charge in [0.25, 0.3) is 11.5 Å². The van der Waals surface area contributed by atoms with Crippen molar-refractivity contribution >= 4 is 29.0 Å². The number of benzene rings is 1. The van der Waals surface area contributed by atoms with E-state index in [1.807, 2.05) is 13.2 Å². The molecule has 7 nitrogen and oxygen atoms in total. The van der Waals surface area contributed by atoms with E-state index >= 15 is 0 Å². The summed E-state index contributed by atoms with van der Waals surface area (Å²) >= 11 is 1.42. The van der Waals surface area contributed by atoms with Crippen LogP contribution in [0, 0.1) is 18.7 Å². The molecular formula is C19H23FN4O3S. The summed E-state index contributed by atoms with van der Waals surface area (Å²) in [5, 5.41) is 6.91. The van der Waals surface area contributed by atoms with Crippen molar-refractivity contribution < 1.29 is 14.0 Å². The molecular weight excluding hydrogens is 383 g/mol. The highest BCUT2D eigenvalue weighted by Gasteiger charge is 2.30. The smallest absolute Gasteiger partial charge is 0.297 e. The first kappa shape index (κ1) is 20.3. The molecule has 1 aliphatic rings. The Kier molecular flexibility index (Phi) is 6.04. The Bertz CT molecular complexity index is 959. The minimum atomic E-state index is -0.602. The van der Waals surface area contributed by atoms with Crippen molar-refractivity contribution in [2.45, 2.75) is 37.7 Å². The highest BCUT2D eigenvalue weighted by Crippen LogP contribution is 2.33. The van der Waals surface area contributed by atoms with Crippen LogP contribution in [0.2, 0.25) is 0 Å². The van der Waals surface area contributed by atoms with Gasteiger partial charge in [0.15, 0.2) is 5.69 Å². The summed E-state index contributed by atoms with van der Waals surface area (Å²) in [5.74, 6) is -0.650. The number of hydroxylamine groups is 1. The number of hydrogen-bond donors (Lipinski definition) is 2. The van der Waals surface area contributed by atoms with Gasteiger partial charge in [0.1, 0.15) is 5.82 Å². The number of hydrogen-bond acceptors (Lipinski definition) is 6. The van der Waals surface area contributed by atoms with Crippen LogP contribution in [0.15, 0.2) is 27.9 Å². The number of halogens is 1. The quantitative estimate of drug-likeness (QED) is 0.543. The standard InChI is InChI=1S/C19H23FN4O3S/c1-10-16(21-15-8-7-13(28-4)9-14(15)20)17(22-24(3)19(10)26)18(25)23-27-11(2)12-5-6-12/h7-9,11-12,21H,5-6H2,1-4H3,(H,23,25). The van der Waals surface area contributed by atoms with Gasteiger partial charge < -0.3 is 5.32 Å². The van der Waals surface area contributed by atoms with Gasteiger partial charge in [-0.1, -0.05) is 0 Å². The highest BCUT2D eigenvalue weighted by atomic mass is 32.2. The number of carbonyl (C=O) groups is 1.